The fraction of sp³-hybridized carbons (Fsp3) is 0.250. The average Bonchev–Trinajstić information content (AvgIpc) is 2.60. The molecule has 0 saturated heterocycles. The number of nitrogens with one attached hydrogen (secondary N) is 1. The first-order chi connectivity index (χ1) is 11.4. The van der Waals surface area contributed by atoms with Crippen molar-refractivity contribution in [3.63, 3.8) is 0 Å². The number of amides is 1. The lowest BCUT2D eigenvalue weighted by atomic mass is 9.95. The molecule has 1 N–H and O–H groups in total. The summed E-state index contributed by atoms with van der Waals surface area (Å²) in [4.78, 5) is 16.3. The number of benzene rings is 1. The first-order valence-electron chi connectivity index (χ1n) is 7.34. The van der Waals surface area contributed by atoms with Crippen LogP contribution in [-0.2, 0) is 27.8 Å². The van der Waals surface area contributed by atoms with Crippen LogP contribution in [0.3, 0.4) is 0 Å². The number of aromatic nitrogens is 1. The van der Waals surface area contributed by atoms with Crippen LogP contribution < -0.4 is 5.32 Å². The highest BCUT2D eigenvalue weighted by atomic mass is 79.9. The molecule has 0 fully saturated rings. The van der Waals surface area contributed by atoms with Gasteiger partial charge in [0.25, 0.3) is 0 Å². The number of halogens is 1. The zero-order valence-corrected chi connectivity index (χ0v) is 15.3. The second-order valence-corrected chi connectivity index (χ2v) is 8.30. The number of hydrogen-bond acceptors (Lipinski definition) is 4. The molecule has 1 aromatic carbocycles. The summed E-state index contributed by atoms with van der Waals surface area (Å²) >= 11 is 3.24. The van der Waals surface area contributed by atoms with Gasteiger partial charge in [0.2, 0.25) is 15.9 Å². The van der Waals surface area contributed by atoms with E-state index in [4.69, 9.17) is 0 Å². The standard InChI is InChI=1S/C16H16BrN3O3S/c1-18-16(21)15-6-11-4-2-3-5-12(11)10-20(15)24(22,23)14-7-13(17)8-19-9-14/h2-5,7-9,15H,6,10H2,1H3,(H,18,21). The summed E-state index contributed by atoms with van der Waals surface area (Å²) in [6.45, 7) is 0.156. The second-order valence-electron chi connectivity index (χ2n) is 5.49. The highest BCUT2D eigenvalue weighted by Gasteiger charge is 2.39. The molecule has 24 heavy (non-hydrogen) atoms. The lowest BCUT2D eigenvalue weighted by molar-refractivity contribution is -0.124. The Morgan fingerprint density at radius 3 is 2.67 bits per heavy atom. The highest BCUT2D eigenvalue weighted by Crippen LogP contribution is 2.29. The fourth-order valence-electron chi connectivity index (χ4n) is 2.81. The molecule has 1 aromatic heterocycles. The van der Waals surface area contributed by atoms with Crippen molar-refractivity contribution in [2.24, 2.45) is 0 Å². The van der Waals surface area contributed by atoms with Crippen LogP contribution in [0.2, 0.25) is 0 Å². The van der Waals surface area contributed by atoms with Crippen LogP contribution in [0.25, 0.3) is 0 Å². The zero-order valence-electron chi connectivity index (χ0n) is 12.9. The Bertz CT molecular complexity index is 886. The topological polar surface area (TPSA) is 79.4 Å². The van der Waals surface area contributed by atoms with Crippen LogP contribution in [-0.4, -0.2) is 36.7 Å². The molecule has 0 aliphatic carbocycles. The van der Waals surface area contributed by atoms with Gasteiger partial charge in [-0.25, -0.2) is 8.42 Å². The maximum Gasteiger partial charge on any atom is 0.245 e. The van der Waals surface area contributed by atoms with E-state index in [-0.39, 0.29) is 17.3 Å². The molecule has 126 valence electrons. The van der Waals surface area contributed by atoms with Gasteiger partial charge in [0.1, 0.15) is 10.9 Å². The smallest absolute Gasteiger partial charge is 0.245 e. The van der Waals surface area contributed by atoms with Crippen molar-refractivity contribution in [2.75, 3.05) is 7.05 Å². The molecule has 0 spiro atoms. The van der Waals surface area contributed by atoms with E-state index in [2.05, 4.69) is 26.2 Å². The normalized spacial score (nSPS) is 18.0. The molecular weight excluding hydrogens is 394 g/mol. The molecule has 2 aromatic rings. The number of pyridine rings is 1. The van der Waals surface area contributed by atoms with Gasteiger partial charge in [0.15, 0.2) is 0 Å². The van der Waals surface area contributed by atoms with Crippen LogP contribution >= 0.6 is 15.9 Å². The third-order valence-electron chi connectivity index (χ3n) is 4.04. The molecule has 8 heteroatoms. The van der Waals surface area contributed by atoms with Gasteiger partial charge in [0.05, 0.1) is 0 Å². The van der Waals surface area contributed by atoms with E-state index >= 15 is 0 Å². The number of carbonyl (C=O) groups excluding carboxylic acids is 1. The van der Waals surface area contributed by atoms with Crippen molar-refractivity contribution < 1.29 is 13.2 Å². The monoisotopic (exact) mass is 409 g/mol. The van der Waals surface area contributed by atoms with E-state index < -0.39 is 16.1 Å². The Kier molecular flexibility index (Phi) is 4.71. The molecule has 0 radical (unpaired) electrons. The van der Waals surface area contributed by atoms with Gasteiger partial charge in [-0.2, -0.15) is 4.31 Å². The molecule has 1 unspecified atom stereocenters. The van der Waals surface area contributed by atoms with E-state index in [1.165, 1.54) is 29.8 Å². The zero-order chi connectivity index (χ0) is 17.3. The molecule has 1 atom stereocenters. The molecule has 1 aliphatic rings. The van der Waals surface area contributed by atoms with E-state index in [0.29, 0.717) is 10.9 Å². The second kappa shape index (κ2) is 6.62. The highest BCUT2D eigenvalue weighted by molar-refractivity contribution is 9.10. The quantitative estimate of drug-likeness (QED) is 0.836. The summed E-state index contributed by atoms with van der Waals surface area (Å²) in [5, 5.41) is 2.56. The van der Waals surface area contributed by atoms with E-state index in [1.54, 1.807) is 0 Å². The molecule has 6 nitrogen and oxygen atoms in total. The first-order valence-corrected chi connectivity index (χ1v) is 9.57. The number of carbonyl (C=O) groups is 1. The molecule has 0 bridgehead atoms. The SMILES string of the molecule is CNC(=O)C1Cc2ccccc2CN1S(=O)(=O)c1cncc(Br)c1. The van der Waals surface area contributed by atoms with Gasteiger partial charge in [-0.05, 0) is 39.5 Å². The Morgan fingerprint density at radius 1 is 1.29 bits per heavy atom. The lowest BCUT2D eigenvalue weighted by Crippen LogP contribution is -2.51. The largest absolute Gasteiger partial charge is 0.358 e. The van der Waals surface area contributed by atoms with Crippen LogP contribution in [0.15, 0.2) is 52.1 Å². The Labute approximate surface area is 149 Å². The minimum absolute atomic E-state index is 0.0603. The van der Waals surface area contributed by atoms with Gasteiger partial charge in [-0.1, -0.05) is 24.3 Å². The van der Waals surface area contributed by atoms with Crippen LogP contribution in [0, 0.1) is 0 Å². The number of nitrogens with zero attached hydrogens (tertiary/aromatic N) is 2. The summed E-state index contributed by atoms with van der Waals surface area (Å²) < 4.78 is 27.9. The number of likely N-dealkylation sites (N-methyl/N-ethyl adjacent to an activating group) is 1. The van der Waals surface area contributed by atoms with E-state index in [9.17, 15) is 13.2 Å². The predicted octanol–water partition coefficient (Wildman–Crippen LogP) is 1.71. The summed E-state index contributed by atoms with van der Waals surface area (Å²) in [6, 6.07) is 8.28. The van der Waals surface area contributed by atoms with Crippen molar-refractivity contribution in [1.29, 1.82) is 0 Å². The molecule has 3 rings (SSSR count). The minimum Gasteiger partial charge on any atom is -0.358 e. The summed E-state index contributed by atoms with van der Waals surface area (Å²) in [7, 11) is -2.34. The van der Waals surface area contributed by atoms with Crippen molar-refractivity contribution in [3.8, 4) is 0 Å². The van der Waals surface area contributed by atoms with Crippen LogP contribution in [0.1, 0.15) is 11.1 Å². The maximum absolute atomic E-state index is 13.1. The van der Waals surface area contributed by atoms with Crippen molar-refractivity contribution in [1.82, 2.24) is 14.6 Å². The molecule has 1 aliphatic heterocycles. The minimum atomic E-state index is -3.85. The molecular formula is C16H16BrN3O3S. The van der Waals surface area contributed by atoms with Gasteiger partial charge < -0.3 is 5.32 Å². The first kappa shape index (κ1) is 17.1. The maximum atomic E-state index is 13.1. The van der Waals surface area contributed by atoms with Crippen LogP contribution in [0.5, 0.6) is 0 Å². The lowest BCUT2D eigenvalue weighted by Gasteiger charge is -2.34. The molecule has 2 heterocycles. The summed E-state index contributed by atoms with van der Waals surface area (Å²) in [5.41, 5.74) is 1.90. The van der Waals surface area contributed by atoms with Crippen LogP contribution in [0.4, 0.5) is 0 Å². The Hall–Kier alpha value is -1.77. The molecule has 1 amide bonds. The Morgan fingerprint density at radius 2 is 2.00 bits per heavy atom. The van der Waals surface area contributed by atoms with Crippen molar-refractivity contribution in [3.05, 3.63) is 58.3 Å². The van der Waals surface area contributed by atoms with Crippen molar-refractivity contribution >= 4 is 31.9 Å². The number of fused-ring (bicyclic) bond motifs is 1. The van der Waals surface area contributed by atoms with Crippen molar-refractivity contribution in [2.45, 2.75) is 23.9 Å². The van der Waals surface area contributed by atoms with Gasteiger partial charge >= 0.3 is 0 Å². The van der Waals surface area contributed by atoms with E-state index in [0.717, 1.165) is 11.1 Å². The average molecular weight is 410 g/mol. The third-order valence-corrected chi connectivity index (χ3v) is 6.29. The third kappa shape index (κ3) is 3.09. The number of sulfonamides is 1. The van der Waals surface area contributed by atoms with Gasteiger partial charge in [0, 0.05) is 30.5 Å². The summed E-state index contributed by atoms with van der Waals surface area (Å²) in [5.74, 6) is -0.323. The van der Waals surface area contributed by atoms with Gasteiger partial charge in [-0.15, -0.1) is 0 Å². The number of hydrogen-bond donors (Lipinski definition) is 1. The van der Waals surface area contributed by atoms with E-state index in [1.807, 2.05) is 24.3 Å². The molecule has 0 saturated carbocycles. The van der Waals surface area contributed by atoms with Gasteiger partial charge in [-0.3, -0.25) is 9.78 Å². The number of rotatable bonds is 3. The Balaban J connectivity index is 2.07. The summed E-state index contributed by atoms with van der Waals surface area (Å²) in [6.07, 6.45) is 3.15. The predicted molar refractivity (Wildman–Crippen MR) is 92.7 cm³/mol. The fourth-order valence-corrected chi connectivity index (χ4v) is 4.88.